The van der Waals surface area contributed by atoms with E-state index in [0.717, 1.165) is 17.1 Å². The molecule has 0 amide bonds. The van der Waals surface area contributed by atoms with E-state index in [1.807, 2.05) is 18.2 Å². The molecule has 3 aromatic carbocycles. The molecular weight excluding hydrogens is 380 g/mol. The fraction of sp³-hybridized carbons (Fsp3) is 0.160. The zero-order valence-electron chi connectivity index (χ0n) is 16.4. The summed E-state index contributed by atoms with van der Waals surface area (Å²) in [7, 11) is 0. The topological polar surface area (TPSA) is 46.5 Å². The van der Waals surface area contributed by atoms with Crippen molar-refractivity contribution < 1.29 is 14.6 Å². The second-order valence-electron chi connectivity index (χ2n) is 6.46. The number of aliphatic carboxylic acids is 1. The lowest BCUT2D eigenvalue weighted by atomic mass is 9.93. The minimum atomic E-state index is -0.977. The van der Waals surface area contributed by atoms with Gasteiger partial charge >= 0.3 is 5.97 Å². The van der Waals surface area contributed by atoms with Crippen molar-refractivity contribution in [2.45, 2.75) is 18.2 Å². The maximum absolute atomic E-state index is 10.6. The van der Waals surface area contributed by atoms with Gasteiger partial charge in [0.25, 0.3) is 0 Å². The molecule has 0 bridgehead atoms. The van der Waals surface area contributed by atoms with Crippen molar-refractivity contribution in [2.75, 3.05) is 12.4 Å². The van der Waals surface area contributed by atoms with Crippen LogP contribution in [0.4, 0.5) is 0 Å². The number of rotatable bonds is 9. The summed E-state index contributed by atoms with van der Waals surface area (Å²) >= 11 is 1.74. The van der Waals surface area contributed by atoms with Gasteiger partial charge in [0, 0.05) is 10.6 Å². The van der Waals surface area contributed by atoms with E-state index in [0.29, 0.717) is 5.75 Å². The Labute approximate surface area is 176 Å². The summed E-state index contributed by atoms with van der Waals surface area (Å²) in [4.78, 5) is 11.7. The number of hydrogen-bond acceptors (Lipinski definition) is 3. The molecule has 29 heavy (non-hydrogen) atoms. The largest absolute Gasteiger partial charge is 0.482 e. The first kappa shape index (κ1) is 20.7. The zero-order valence-corrected chi connectivity index (χ0v) is 17.2. The molecule has 0 radical (unpaired) electrons. The SMILES string of the molecule is CCc1ccccc1/C(=C\CSc1ccc(OCC(=O)O)cc1)c1ccccc1. The molecule has 3 aromatic rings. The van der Waals surface area contributed by atoms with Crippen molar-refractivity contribution in [2.24, 2.45) is 0 Å². The van der Waals surface area contributed by atoms with Crippen LogP contribution in [-0.4, -0.2) is 23.4 Å². The summed E-state index contributed by atoms with van der Waals surface area (Å²) in [5.41, 5.74) is 5.08. The highest BCUT2D eigenvalue weighted by molar-refractivity contribution is 7.99. The third-order valence-corrected chi connectivity index (χ3v) is 5.44. The van der Waals surface area contributed by atoms with Crippen molar-refractivity contribution >= 4 is 23.3 Å². The van der Waals surface area contributed by atoms with E-state index < -0.39 is 5.97 Å². The van der Waals surface area contributed by atoms with Gasteiger partial charge in [-0.1, -0.05) is 67.6 Å². The van der Waals surface area contributed by atoms with Crippen molar-refractivity contribution in [1.82, 2.24) is 0 Å². The van der Waals surface area contributed by atoms with Crippen molar-refractivity contribution in [3.05, 3.63) is 102 Å². The van der Waals surface area contributed by atoms with Crippen LogP contribution in [0.5, 0.6) is 5.75 Å². The average molecular weight is 405 g/mol. The first-order valence-corrected chi connectivity index (χ1v) is 10.6. The minimum absolute atomic E-state index is 0.327. The van der Waals surface area contributed by atoms with Crippen LogP contribution < -0.4 is 4.74 Å². The second kappa shape index (κ2) is 10.5. The van der Waals surface area contributed by atoms with Crippen LogP contribution in [0.3, 0.4) is 0 Å². The fourth-order valence-corrected chi connectivity index (χ4v) is 3.86. The molecule has 0 aliphatic carbocycles. The van der Waals surface area contributed by atoms with Gasteiger partial charge < -0.3 is 9.84 Å². The summed E-state index contributed by atoms with van der Waals surface area (Å²) in [6, 6.07) is 26.6. The van der Waals surface area contributed by atoms with Crippen LogP contribution in [0.1, 0.15) is 23.6 Å². The van der Waals surface area contributed by atoms with E-state index in [9.17, 15) is 4.79 Å². The van der Waals surface area contributed by atoms with E-state index in [-0.39, 0.29) is 6.61 Å². The van der Waals surface area contributed by atoms with E-state index in [1.54, 1.807) is 23.9 Å². The van der Waals surface area contributed by atoms with E-state index in [4.69, 9.17) is 9.84 Å². The maximum atomic E-state index is 10.6. The lowest BCUT2D eigenvalue weighted by Gasteiger charge is -2.13. The molecular formula is C25H24O3S. The molecule has 0 heterocycles. The molecule has 3 rings (SSSR count). The minimum Gasteiger partial charge on any atom is -0.482 e. The molecule has 0 saturated carbocycles. The van der Waals surface area contributed by atoms with Gasteiger partial charge in [0.2, 0.25) is 0 Å². The van der Waals surface area contributed by atoms with Crippen LogP contribution in [-0.2, 0) is 11.2 Å². The van der Waals surface area contributed by atoms with Gasteiger partial charge in [0.1, 0.15) is 5.75 Å². The van der Waals surface area contributed by atoms with Gasteiger partial charge in [-0.05, 0) is 52.9 Å². The fourth-order valence-electron chi connectivity index (χ4n) is 3.09. The second-order valence-corrected chi connectivity index (χ2v) is 7.55. The molecule has 0 unspecified atom stereocenters. The molecule has 0 atom stereocenters. The predicted octanol–water partition coefficient (Wildman–Crippen LogP) is 5.94. The Morgan fingerprint density at radius 3 is 2.34 bits per heavy atom. The van der Waals surface area contributed by atoms with Gasteiger partial charge in [-0.3, -0.25) is 0 Å². The van der Waals surface area contributed by atoms with Crippen molar-refractivity contribution in [3.63, 3.8) is 0 Å². The van der Waals surface area contributed by atoms with Gasteiger partial charge in [0.05, 0.1) is 0 Å². The lowest BCUT2D eigenvalue weighted by molar-refractivity contribution is -0.139. The predicted molar refractivity (Wildman–Crippen MR) is 120 cm³/mol. The number of ether oxygens (including phenoxy) is 1. The Kier molecular flexibility index (Phi) is 7.54. The summed E-state index contributed by atoms with van der Waals surface area (Å²) in [6.45, 7) is 1.86. The van der Waals surface area contributed by atoms with Gasteiger partial charge in [-0.15, -0.1) is 11.8 Å². The molecule has 0 aromatic heterocycles. The third-order valence-electron chi connectivity index (χ3n) is 4.50. The molecule has 0 aliphatic rings. The number of carbonyl (C=O) groups is 1. The molecule has 0 spiro atoms. The highest BCUT2D eigenvalue weighted by Crippen LogP contribution is 2.29. The Bertz CT molecular complexity index is 963. The van der Waals surface area contributed by atoms with Gasteiger partial charge in [-0.2, -0.15) is 0 Å². The van der Waals surface area contributed by atoms with Crippen LogP contribution in [0, 0.1) is 0 Å². The quantitative estimate of drug-likeness (QED) is 0.449. The number of aryl methyl sites for hydroxylation is 1. The number of carboxylic acids is 1. The maximum Gasteiger partial charge on any atom is 0.341 e. The van der Waals surface area contributed by atoms with Crippen molar-refractivity contribution in [1.29, 1.82) is 0 Å². The Balaban J connectivity index is 1.76. The first-order valence-electron chi connectivity index (χ1n) is 9.58. The standard InChI is InChI=1S/C25H24O3S/c1-2-19-8-6-7-11-23(19)24(20-9-4-3-5-10-20)16-17-29-22-14-12-21(13-15-22)28-18-25(26)27/h3-16H,2,17-18H2,1H3,(H,26,27)/b24-16-. The lowest BCUT2D eigenvalue weighted by Crippen LogP contribution is -2.09. The van der Waals surface area contributed by atoms with Gasteiger partial charge in [-0.25, -0.2) is 4.79 Å². The summed E-state index contributed by atoms with van der Waals surface area (Å²) in [6.07, 6.45) is 3.27. The molecule has 0 aliphatic heterocycles. The average Bonchev–Trinajstić information content (AvgIpc) is 2.77. The highest BCUT2D eigenvalue weighted by atomic mass is 32.2. The molecule has 1 N–H and O–H groups in total. The summed E-state index contributed by atoms with van der Waals surface area (Å²) in [5.74, 6) is 0.418. The molecule has 0 fully saturated rings. The molecule has 148 valence electrons. The van der Waals surface area contributed by atoms with E-state index in [1.165, 1.54) is 22.3 Å². The Morgan fingerprint density at radius 1 is 0.966 bits per heavy atom. The van der Waals surface area contributed by atoms with Crippen LogP contribution >= 0.6 is 11.8 Å². The molecule has 0 saturated heterocycles. The highest BCUT2D eigenvalue weighted by Gasteiger charge is 2.08. The molecule has 4 heteroatoms. The smallest absolute Gasteiger partial charge is 0.341 e. The zero-order chi connectivity index (χ0) is 20.5. The van der Waals surface area contributed by atoms with Crippen LogP contribution in [0.25, 0.3) is 5.57 Å². The number of carboxylic acid groups (broad SMARTS) is 1. The third kappa shape index (κ3) is 6.00. The van der Waals surface area contributed by atoms with E-state index >= 15 is 0 Å². The normalized spacial score (nSPS) is 11.3. The number of hydrogen-bond donors (Lipinski definition) is 1. The number of thioether (sulfide) groups is 1. The first-order chi connectivity index (χ1) is 14.2. The Hall–Kier alpha value is -2.98. The Morgan fingerprint density at radius 2 is 1.66 bits per heavy atom. The monoisotopic (exact) mass is 404 g/mol. The number of benzene rings is 3. The van der Waals surface area contributed by atoms with Gasteiger partial charge in [0.15, 0.2) is 6.61 Å². The van der Waals surface area contributed by atoms with Crippen LogP contribution in [0.15, 0.2) is 89.8 Å². The van der Waals surface area contributed by atoms with Crippen LogP contribution in [0.2, 0.25) is 0 Å². The summed E-state index contributed by atoms with van der Waals surface area (Å²) < 4.78 is 5.19. The molecule has 3 nitrogen and oxygen atoms in total. The summed E-state index contributed by atoms with van der Waals surface area (Å²) in [5, 5.41) is 8.69. The van der Waals surface area contributed by atoms with Crippen molar-refractivity contribution in [3.8, 4) is 5.75 Å². The van der Waals surface area contributed by atoms with E-state index in [2.05, 4.69) is 61.5 Å².